The summed E-state index contributed by atoms with van der Waals surface area (Å²) in [6.45, 7) is 2.69. The minimum Gasteiger partial charge on any atom is -0.322 e. The molecule has 3 aromatic carbocycles. The minimum absolute atomic E-state index is 0.149. The Hall–Kier alpha value is -3.66. The van der Waals surface area contributed by atoms with E-state index in [0.717, 1.165) is 28.8 Å². The highest BCUT2D eigenvalue weighted by atomic mass is 16.1. The van der Waals surface area contributed by atoms with Gasteiger partial charge in [0.25, 0.3) is 5.91 Å². The highest BCUT2D eigenvalue weighted by Crippen LogP contribution is 2.24. The molecule has 0 bridgehead atoms. The lowest BCUT2D eigenvalue weighted by atomic mass is 10.1. The maximum atomic E-state index is 13.2. The van der Waals surface area contributed by atoms with Crippen molar-refractivity contribution in [3.05, 3.63) is 108 Å². The summed E-state index contributed by atoms with van der Waals surface area (Å²) in [5.74, 6) is -0.149. The number of hydrogen-bond donors (Lipinski definition) is 1. The van der Waals surface area contributed by atoms with Gasteiger partial charge in [-0.05, 0) is 23.6 Å². The topological polar surface area (TPSA) is 46.9 Å². The molecule has 1 heterocycles. The second-order valence-corrected chi connectivity index (χ2v) is 6.91. The Morgan fingerprint density at radius 1 is 0.897 bits per heavy atom. The first kappa shape index (κ1) is 18.7. The molecule has 0 aliphatic carbocycles. The lowest BCUT2D eigenvalue weighted by Gasteiger charge is -2.09. The maximum Gasteiger partial charge on any atom is 0.259 e. The zero-order valence-corrected chi connectivity index (χ0v) is 16.4. The molecule has 144 valence electrons. The van der Waals surface area contributed by atoms with E-state index in [0.29, 0.717) is 17.8 Å². The van der Waals surface area contributed by atoms with Crippen molar-refractivity contribution in [2.75, 3.05) is 5.32 Å². The molecule has 1 aromatic heterocycles. The van der Waals surface area contributed by atoms with Crippen molar-refractivity contribution >= 4 is 11.6 Å². The van der Waals surface area contributed by atoms with Crippen LogP contribution in [0.4, 0.5) is 5.69 Å². The van der Waals surface area contributed by atoms with Crippen LogP contribution in [0.15, 0.2) is 91.1 Å². The number of benzene rings is 3. The number of anilines is 1. The van der Waals surface area contributed by atoms with Gasteiger partial charge in [-0.3, -0.25) is 9.48 Å². The molecule has 4 heteroatoms. The van der Waals surface area contributed by atoms with Gasteiger partial charge in [-0.2, -0.15) is 5.10 Å². The van der Waals surface area contributed by atoms with Crippen molar-refractivity contribution in [3.63, 3.8) is 0 Å². The van der Waals surface area contributed by atoms with Gasteiger partial charge in [0.1, 0.15) is 5.69 Å². The van der Waals surface area contributed by atoms with Crippen LogP contribution in [-0.4, -0.2) is 15.7 Å². The molecular weight excluding hydrogens is 358 g/mol. The van der Waals surface area contributed by atoms with Crippen molar-refractivity contribution in [1.29, 1.82) is 0 Å². The number of para-hydroxylation sites is 1. The molecule has 0 atom stereocenters. The number of rotatable bonds is 6. The smallest absolute Gasteiger partial charge is 0.259 e. The van der Waals surface area contributed by atoms with Crippen molar-refractivity contribution < 1.29 is 4.79 Å². The van der Waals surface area contributed by atoms with Crippen molar-refractivity contribution in [1.82, 2.24) is 9.78 Å². The Bertz CT molecular complexity index is 1100. The van der Waals surface area contributed by atoms with Crippen molar-refractivity contribution in [2.45, 2.75) is 19.9 Å². The van der Waals surface area contributed by atoms with Crippen LogP contribution in [0.2, 0.25) is 0 Å². The molecule has 1 N–H and O–H groups in total. The molecule has 0 fully saturated rings. The molecule has 4 rings (SSSR count). The highest BCUT2D eigenvalue weighted by Gasteiger charge is 2.19. The number of aryl methyl sites for hydroxylation is 1. The predicted molar refractivity (Wildman–Crippen MR) is 117 cm³/mol. The van der Waals surface area contributed by atoms with Gasteiger partial charge in [0.2, 0.25) is 0 Å². The SMILES string of the molecule is CCc1ccccc1NC(=O)c1cn(Cc2ccccc2)nc1-c1ccccc1. The van der Waals surface area contributed by atoms with Gasteiger partial charge in [0.05, 0.1) is 12.1 Å². The van der Waals surface area contributed by atoms with Crippen LogP contribution in [0.1, 0.15) is 28.4 Å². The molecule has 4 aromatic rings. The highest BCUT2D eigenvalue weighted by molar-refractivity contribution is 6.08. The Kier molecular flexibility index (Phi) is 5.52. The third-order valence-corrected chi connectivity index (χ3v) is 4.89. The average Bonchev–Trinajstić information content (AvgIpc) is 3.19. The standard InChI is InChI=1S/C25H23N3O/c1-2-20-13-9-10-16-23(20)26-25(29)22-18-28(17-19-11-5-3-6-12-19)27-24(22)21-14-7-4-8-15-21/h3-16,18H,2,17H2,1H3,(H,26,29). The summed E-state index contributed by atoms with van der Waals surface area (Å²) >= 11 is 0. The van der Waals surface area contributed by atoms with Crippen LogP contribution in [0.25, 0.3) is 11.3 Å². The fourth-order valence-corrected chi connectivity index (χ4v) is 3.39. The second kappa shape index (κ2) is 8.57. The van der Waals surface area contributed by atoms with Crippen LogP contribution < -0.4 is 5.32 Å². The Labute approximate surface area is 170 Å². The van der Waals surface area contributed by atoms with Crippen LogP contribution in [-0.2, 0) is 13.0 Å². The average molecular weight is 381 g/mol. The third kappa shape index (κ3) is 4.27. The molecule has 0 radical (unpaired) electrons. The van der Waals surface area contributed by atoms with Crippen molar-refractivity contribution in [3.8, 4) is 11.3 Å². The van der Waals surface area contributed by atoms with E-state index < -0.39 is 0 Å². The fraction of sp³-hybridized carbons (Fsp3) is 0.120. The summed E-state index contributed by atoms with van der Waals surface area (Å²) in [6.07, 6.45) is 2.69. The maximum absolute atomic E-state index is 13.2. The van der Waals surface area contributed by atoms with E-state index in [9.17, 15) is 4.79 Å². The number of carbonyl (C=O) groups excluding carboxylic acids is 1. The second-order valence-electron chi connectivity index (χ2n) is 6.91. The summed E-state index contributed by atoms with van der Waals surface area (Å²) in [6, 6.07) is 27.8. The first-order valence-corrected chi connectivity index (χ1v) is 9.80. The van der Waals surface area contributed by atoms with E-state index in [1.807, 2.05) is 83.7 Å². The minimum atomic E-state index is -0.149. The molecule has 0 saturated carbocycles. The Morgan fingerprint density at radius 3 is 2.28 bits per heavy atom. The summed E-state index contributed by atoms with van der Waals surface area (Å²) < 4.78 is 1.83. The zero-order chi connectivity index (χ0) is 20.1. The van der Waals surface area contributed by atoms with Crippen LogP contribution in [0, 0.1) is 0 Å². The number of carbonyl (C=O) groups is 1. The molecule has 0 saturated heterocycles. The molecule has 0 aliphatic rings. The van der Waals surface area contributed by atoms with Crippen LogP contribution in [0.3, 0.4) is 0 Å². The molecule has 29 heavy (non-hydrogen) atoms. The van der Waals surface area contributed by atoms with E-state index in [-0.39, 0.29) is 5.91 Å². The molecule has 0 aliphatic heterocycles. The van der Waals surface area contributed by atoms with Crippen LogP contribution in [0.5, 0.6) is 0 Å². The van der Waals surface area contributed by atoms with Gasteiger partial charge in [-0.15, -0.1) is 0 Å². The fourth-order valence-electron chi connectivity index (χ4n) is 3.39. The molecule has 0 unspecified atom stereocenters. The van der Waals surface area contributed by atoms with E-state index in [1.165, 1.54) is 0 Å². The predicted octanol–water partition coefficient (Wildman–Crippen LogP) is 5.41. The van der Waals surface area contributed by atoms with Gasteiger partial charge < -0.3 is 5.32 Å². The number of amides is 1. The van der Waals surface area contributed by atoms with Gasteiger partial charge in [0.15, 0.2) is 0 Å². The van der Waals surface area contributed by atoms with E-state index >= 15 is 0 Å². The normalized spacial score (nSPS) is 10.7. The molecule has 1 amide bonds. The number of nitrogens with one attached hydrogen (secondary N) is 1. The summed E-state index contributed by atoms with van der Waals surface area (Å²) in [4.78, 5) is 13.2. The summed E-state index contributed by atoms with van der Waals surface area (Å²) in [5.41, 5.74) is 5.27. The van der Waals surface area contributed by atoms with Gasteiger partial charge >= 0.3 is 0 Å². The zero-order valence-electron chi connectivity index (χ0n) is 16.4. The Morgan fingerprint density at radius 2 is 1.55 bits per heavy atom. The van der Waals surface area contributed by atoms with Gasteiger partial charge in [-0.1, -0.05) is 85.8 Å². The van der Waals surface area contributed by atoms with E-state index in [1.54, 1.807) is 0 Å². The lowest BCUT2D eigenvalue weighted by molar-refractivity contribution is 0.102. The van der Waals surface area contributed by atoms with Gasteiger partial charge in [-0.25, -0.2) is 0 Å². The van der Waals surface area contributed by atoms with E-state index in [2.05, 4.69) is 24.4 Å². The van der Waals surface area contributed by atoms with E-state index in [4.69, 9.17) is 5.10 Å². The summed E-state index contributed by atoms with van der Waals surface area (Å²) in [5, 5.41) is 7.81. The van der Waals surface area contributed by atoms with Gasteiger partial charge in [0, 0.05) is 17.4 Å². The number of aromatic nitrogens is 2. The monoisotopic (exact) mass is 381 g/mol. The molecule has 4 nitrogen and oxygen atoms in total. The molecular formula is C25H23N3O. The first-order chi connectivity index (χ1) is 14.2. The van der Waals surface area contributed by atoms with Crippen molar-refractivity contribution in [2.24, 2.45) is 0 Å². The quantitative estimate of drug-likeness (QED) is 0.485. The number of hydrogen-bond acceptors (Lipinski definition) is 2. The lowest BCUT2D eigenvalue weighted by Crippen LogP contribution is -2.13. The molecule has 0 spiro atoms. The largest absolute Gasteiger partial charge is 0.322 e. The summed E-state index contributed by atoms with van der Waals surface area (Å²) in [7, 11) is 0. The Balaban J connectivity index is 1.69. The number of nitrogens with zero attached hydrogens (tertiary/aromatic N) is 2. The van der Waals surface area contributed by atoms with Crippen LogP contribution >= 0.6 is 0 Å². The third-order valence-electron chi connectivity index (χ3n) is 4.89. The first-order valence-electron chi connectivity index (χ1n) is 9.80.